The number of aromatic nitrogens is 2. The number of carbonyl (C=O) groups is 1. The van der Waals surface area contributed by atoms with Gasteiger partial charge in [0.15, 0.2) is 0 Å². The Morgan fingerprint density at radius 2 is 2.14 bits per heavy atom. The zero-order valence-corrected chi connectivity index (χ0v) is 15.9. The monoisotopic (exact) mass is 398 g/mol. The van der Waals surface area contributed by atoms with Crippen LogP contribution in [0.15, 0.2) is 24.3 Å². The molecule has 8 heteroatoms. The van der Waals surface area contributed by atoms with Gasteiger partial charge in [-0.3, -0.25) is 4.79 Å². The van der Waals surface area contributed by atoms with Crippen LogP contribution in [0.3, 0.4) is 0 Å². The van der Waals surface area contributed by atoms with E-state index in [9.17, 15) is 13.6 Å². The third kappa shape index (κ3) is 3.08. The van der Waals surface area contributed by atoms with Crippen LogP contribution in [0.4, 0.5) is 20.2 Å². The number of nitrogens with zero attached hydrogens (tertiary/aromatic N) is 2. The molecule has 2 aliphatic heterocycles. The van der Waals surface area contributed by atoms with Gasteiger partial charge in [-0.05, 0) is 25.5 Å². The Balaban J connectivity index is 1.58. The topological polar surface area (TPSA) is 70.2 Å². The minimum atomic E-state index is -0.665. The number of benzene rings is 2. The van der Waals surface area contributed by atoms with E-state index in [2.05, 4.69) is 15.3 Å². The zero-order valence-electron chi connectivity index (χ0n) is 15.9. The summed E-state index contributed by atoms with van der Waals surface area (Å²) in [5.74, 6) is -0.260. The van der Waals surface area contributed by atoms with Crippen molar-refractivity contribution in [2.24, 2.45) is 0 Å². The van der Waals surface area contributed by atoms with Crippen LogP contribution in [-0.2, 0) is 4.79 Å². The van der Waals surface area contributed by atoms with Gasteiger partial charge in [0.2, 0.25) is 5.91 Å². The van der Waals surface area contributed by atoms with Gasteiger partial charge in [0.25, 0.3) is 0 Å². The van der Waals surface area contributed by atoms with Crippen molar-refractivity contribution in [2.45, 2.75) is 32.2 Å². The van der Waals surface area contributed by atoms with E-state index >= 15 is 0 Å². The highest BCUT2D eigenvalue weighted by molar-refractivity contribution is 6.00. The summed E-state index contributed by atoms with van der Waals surface area (Å²) in [5, 5.41) is 3.37. The highest BCUT2D eigenvalue weighted by Crippen LogP contribution is 2.39. The molecule has 3 heterocycles. The molecule has 1 aromatic heterocycles. The van der Waals surface area contributed by atoms with Gasteiger partial charge in [-0.2, -0.15) is 0 Å². The second-order valence-corrected chi connectivity index (χ2v) is 7.49. The van der Waals surface area contributed by atoms with Gasteiger partial charge in [0.1, 0.15) is 28.7 Å². The van der Waals surface area contributed by atoms with Crippen LogP contribution in [0, 0.1) is 18.6 Å². The molecule has 6 nitrogen and oxygen atoms in total. The van der Waals surface area contributed by atoms with Gasteiger partial charge < -0.3 is 19.9 Å². The maximum Gasteiger partial charge on any atom is 0.227 e. The van der Waals surface area contributed by atoms with Crippen molar-refractivity contribution in [3.8, 4) is 5.75 Å². The molecular weight excluding hydrogens is 378 g/mol. The summed E-state index contributed by atoms with van der Waals surface area (Å²) in [7, 11) is 0. The number of halogens is 2. The molecule has 1 amide bonds. The van der Waals surface area contributed by atoms with E-state index in [1.807, 2.05) is 19.1 Å². The molecule has 1 fully saturated rings. The highest BCUT2D eigenvalue weighted by Gasteiger charge is 2.28. The molecular formula is C21H20F2N4O2. The highest BCUT2D eigenvalue weighted by atomic mass is 19.1. The fraction of sp³-hybridized carbons (Fsp3) is 0.333. The summed E-state index contributed by atoms with van der Waals surface area (Å²) in [6.45, 7) is 2.88. The second kappa shape index (κ2) is 6.72. The lowest BCUT2D eigenvalue weighted by Gasteiger charge is -2.28. The van der Waals surface area contributed by atoms with Crippen LogP contribution in [0.1, 0.15) is 36.7 Å². The SMILES string of the molecule is Cc1nc2c(NC3CCOc4cc(F)cc(F)c43)cc(N3CCCC3=O)cc2[nH]1. The third-order valence-electron chi connectivity index (χ3n) is 5.47. The summed E-state index contributed by atoms with van der Waals surface area (Å²) in [6, 6.07) is 5.47. The molecule has 2 aromatic carbocycles. The van der Waals surface area contributed by atoms with E-state index in [-0.39, 0.29) is 11.7 Å². The lowest BCUT2D eigenvalue weighted by molar-refractivity contribution is -0.117. The van der Waals surface area contributed by atoms with Gasteiger partial charge in [0.05, 0.1) is 29.4 Å². The van der Waals surface area contributed by atoms with Crippen LogP contribution in [0.5, 0.6) is 5.75 Å². The predicted molar refractivity (Wildman–Crippen MR) is 105 cm³/mol. The molecule has 0 radical (unpaired) electrons. The van der Waals surface area contributed by atoms with Crippen LogP contribution in [0.2, 0.25) is 0 Å². The number of nitrogens with one attached hydrogen (secondary N) is 2. The molecule has 5 rings (SSSR count). The summed E-state index contributed by atoms with van der Waals surface area (Å²) in [5.41, 5.74) is 3.30. The fourth-order valence-corrected chi connectivity index (χ4v) is 4.19. The number of hydrogen-bond acceptors (Lipinski definition) is 4. The van der Waals surface area contributed by atoms with E-state index in [0.717, 1.165) is 29.5 Å². The maximum atomic E-state index is 14.5. The molecule has 3 aromatic rings. The second-order valence-electron chi connectivity index (χ2n) is 7.49. The first kappa shape index (κ1) is 17.9. The Morgan fingerprint density at radius 1 is 1.28 bits per heavy atom. The zero-order chi connectivity index (χ0) is 20.1. The van der Waals surface area contributed by atoms with E-state index in [1.54, 1.807) is 4.90 Å². The van der Waals surface area contributed by atoms with Crippen molar-refractivity contribution in [3.05, 3.63) is 47.3 Å². The Bertz CT molecular complexity index is 1130. The number of aromatic amines is 1. The van der Waals surface area contributed by atoms with Crippen molar-refractivity contribution >= 4 is 28.3 Å². The summed E-state index contributed by atoms with van der Waals surface area (Å²) >= 11 is 0. The number of aryl methyl sites for hydroxylation is 1. The molecule has 1 saturated heterocycles. The fourth-order valence-electron chi connectivity index (χ4n) is 4.19. The number of amides is 1. The molecule has 0 bridgehead atoms. The average molecular weight is 398 g/mol. The van der Waals surface area contributed by atoms with E-state index in [4.69, 9.17) is 4.74 Å². The van der Waals surface area contributed by atoms with Crippen LogP contribution in [0.25, 0.3) is 11.0 Å². The number of imidazole rings is 1. The number of carbonyl (C=O) groups excluding carboxylic acids is 1. The van der Waals surface area contributed by atoms with E-state index < -0.39 is 17.7 Å². The molecule has 2 aliphatic rings. The molecule has 150 valence electrons. The first-order valence-corrected chi connectivity index (χ1v) is 9.68. The standard InChI is InChI=1S/C21H20F2N4O2/c1-11-24-16-9-13(27-5-2-3-19(27)28)10-17(21(16)25-11)26-15-4-6-29-18-8-12(22)7-14(23)20(15)18/h7-10,15,26H,2-6H2,1H3,(H,24,25). The number of hydrogen-bond donors (Lipinski definition) is 2. The van der Waals surface area contributed by atoms with Crippen LogP contribution < -0.4 is 15.0 Å². The Hall–Kier alpha value is -3.16. The summed E-state index contributed by atoms with van der Waals surface area (Å²) in [6.07, 6.45) is 1.88. The van der Waals surface area contributed by atoms with Crippen molar-refractivity contribution < 1.29 is 18.3 Å². The first-order chi connectivity index (χ1) is 14.0. The van der Waals surface area contributed by atoms with Crippen molar-refractivity contribution in [2.75, 3.05) is 23.4 Å². The normalized spacial score (nSPS) is 18.8. The summed E-state index contributed by atoms with van der Waals surface area (Å²) < 4.78 is 33.6. The molecule has 0 aliphatic carbocycles. The largest absolute Gasteiger partial charge is 0.493 e. The Kier molecular flexibility index (Phi) is 4.15. The van der Waals surface area contributed by atoms with Crippen LogP contribution >= 0.6 is 0 Å². The molecule has 2 N–H and O–H groups in total. The molecule has 1 unspecified atom stereocenters. The van der Waals surface area contributed by atoms with Crippen molar-refractivity contribution in [3.63, 3.8) is 0 Å². The predicted octanol–water partition coefficient (Wildman–Crippen LogP) is 4.21. The van der Waals surface area contributed by atoms with E-state index in [1.165, 1.54) is 6.07 Å². The molecule has 1 atom stereocenters. The number of anilines is 2. The molecule has 0 spiro atoms. The van der Waals surface area contributed by atoms with E-state index in [0.29, 0.717) is 42.8 Å². The van der Waals surface area contributed by atoms with Gasteiger partial charge in [0, 0.05) is 37.2 Å². The Morgan fingerprint density at radius 3 is 2.93 bits per heavy atom. The maximum absolute atomic E-state index is 14.5. The Labute approximate surface area is 165 Å². The smallest absolute Gasteiger partial charge is 0.227 e. The minimum Gasteiger partial charge on any atom is -0.493 e. The van der Waals surface area contributed by atoms with Gasteiger partial charge in [-0.1, -0.05) is 0 Å². The van der Waals surface area contributed by atoms with Crippen molar-refractivity contribution in [1.82, 2.24) is 9.97 Å². The third-order valence-corrected chi connectivity index (χ3v) is 5.47. The van der Waals surface area contributed by atoms with Crippen LogP contribution in [-0.4, -0.2) is 29.0 Å². The summed E-state index contributed by atoms with van der Waals surface area (Å²) in [4.78, 5) is 21.8. The van der Waals surface area contributed by atoms with Gasteiger partial charge in [-0.25, -0.2) is 13.8 Å². The quantitative estimate of drug-likeness (QED) is 0.693. The van der Waals surface area contributed by atoms with Crippen molar-refractivity contribution in [1.29, 1.82) is 0 Å². The number of ether oxygens (including phenoxy) is 1. The van der Waals surface area contributed by atoms with Gasteiger partial charge >= 0.3 is 0 Å². The molecule has 29 heavy (non-hydrogen) atoms. The number of rotatable bonds is 3. The molecule has 0 saturated carbocycles. The lowest BCUT2D eigenvalue weighted by Crippen LogP contribution is -2.24. The average Bonchev–Trinajstić information content (AvgIpc) is 3.26. The van der Waals surface area contributed by atoms with Gasteiger partial charge in [-0.15, -0.1) is 0 Å². The minimum absolute atomic E-state index is 0.0875. The first-order valence-electron chi connectivity index (χ1n) is 9.68. The number of H-pyrrole nitrogens is 1. The lowest BCUT2D eigenvalue weighted by atomic mass is 9.99. The number of fused-ring (bicyclic) bond motifs is 2.